The summed E-state index contributed by atoms with van der Waals surface area (Å²) in [6.45, 7) is 6.29. The molecule has 3 aromatic carbocycles. The highest BCUT2D eigenvalue weighted by molar-refractivity contribution is 7.08. The van der Waals surface area contributed by atoms with Gasteiger partial charge in [-0.2, -0.15) is 10.5 Å². The molecule has 4 aromatic rings. The number of hydrogen-bond acceptors (Lipinski definition) is 6. The van der Waals surface area contributed by atoms with E-state index in [-0.39, 0.29) is 5.57 Å². The third-order valence-electron chi connectivity index (χ3n) is 6.75. The summed E-state index contributed by atoms with van der Waals surface area (Å²) in [5.74, 6) is 0. The highest BCUT2D eigenvalue weighted by Crippen LogP contribution is 2.23. The molecular weight excluding hydrogens is 522 g/mol. The van der Waals surface area contributed by atoms with Gasteiger partial charge in [0.25, 0.3) is 0 Å². The first kappa shape index (κ1) is 29.1. The highest BCUT2D eigenvalue weighted by atomic mass is 32.1. The monoisotopic (exact) mass is 555 g/mol. The van der Waals surface area contributed by atoms with Crippen LogP contribution in [0.3, 0.4) is 0 Å². The van der Waals surface area contributed by atoms with E-state index < -0.39 is 0 Å². The average Bonchev–Trinajstić information content (AvgIpc) is 3.43. The van der Waals surface area contributed by atoms with Gasteiger partial charge in [-0.05, 0) is 60.9 Å². The summed E-state index contributed by atoms with van der Waals surface area (Å²) in [7, 11) is 4.06. The molecule has 1 heterocycles. The minimum Gasteiger partial charge on any atom is -0.378 e. The lowest BCUT2D eigenvalue weighted by Gasteiger charge is -2.20. The van der Waals surface area contributed by atoms with Crippen LogP contribution in [0.1, 0.15) is 25.0 Å². The fourth-order valence-electron chi connectivity index (χ4n) is 4.41. The van der Waals surface area contributed by atoms with E-state index in [2.05, 4.69) is 95.4 Å². The van der Waals surface area contributed by atoms with Crippen LogP contribution in [0.2, 0.25) is 0 Å². The fourth-order valence-corrected chi connectivity index (χ4v) is 5.35. The quantitative estimate of drug-likeness (QED) is 0.221. The van der Waals surface area contributed by atoms with Crippen LogP contribution < -0.4 is 19.0 Å². The largest absolute Gasteiger partial charge is 0.378 e. The highest BCUT2D eigenvalue weighted by Gasteiger charge is 2.08. The Hall–Kier alpha value is -4.91. The van der Waals surface area contributed by atoms with Crippen LogP contribution >= 0.6 is 11.3 Å². The molecule has 0 bridgehead atoms. The SMILES string of the molecule is CCN(CC)c1ccc(/C=C/C(=C/C=c2/sc(=C(C#N)C#N)nc2-c2ccccc2)c2ccc(N(C)C)cc2)cc1. The minimum atomic E-state index is 0.0170. The van der Waals surface area contributed by atoms with Crippen molar-refractivity contribution in [3.05, 3.63) is 111 Å². The van der Waals surface area contributed by atoms with Gasteiger partial charge in [-0.1, -0.05) is 72.8 Å². The molecule has 1 aromatic heterocycles. The molecule has 0 aliphatic rings. The van der Waals surface area contributed by atoms with E-state index in [1.54, 1.807) is 0 Å². The van der Waals surface area contributed by atoms with Crippen LogP contribution in [-0.2, 0) is 0 Å². The second kappa shape index (κ2) is 13.9. The molecule has 41 heavy (non-hydrogen) atoms. The molecule has 0 atom stereocenters. The Bertz CT molecular complexity index is 1710. The van der Waals surface area contributed by atoms with Gasteiger partial charge < -0.3 is 9.80 Å². The van der Waals surface area contributed by atoms with Crippen molar-refractivity contribution in [2.75, 3.05) is 37.0 Å². The molecule has 0 radical (unpaired) electrons. The van der Waals surface area contributed by atoms with Gasteiger partial charge in [-0.25, -0.2) is 4.98 Å². The second-order valence-corrected chi connectivity index (χ2v) is 10.6. The Balaban J connectivity index is 1.82. The Morgan fingerprint density at radius 3 is 2.07 bits per heavy atom. The molecule has 0 fully saturated rings. The maximum atomic E-state index is 9.45. The number of allylic oxidation sites excluding steroid dienone is 3. The first-order chi connectivity index (χ1) is 20.0. The molecular formula is C35H33N5S. The average molecular weight is 556 g/mol. The molecule has 4 rings (SSSR count). The molecule has 0 aliphatic heterocycles. The topological polar surface area (TPSA) is 67.0 Å². The summed E-state index contributed by atoms with van der Waals surface area (Å²) in [5.41, 5.74) is 7.27. The van der Waals surface area contributed by atoms with Gasteiger partial charge in [0.1, 0.15) is 16.8 Å². The Kier molecular flexibility index (Phi) is 9.89. The van der Waals surface area contributed by atoms with Crippen LogP contribution in [-0.4, -0.2) is 32.2 Å². The van der Waals surface area contributed by atoms with Crippen molar-refractivity contribution in [2.24, 2.45) is 0 Å². The zero-order chi connectivity index (χ0) is 29.2. The number of rotatable bonds is 9. The lowest BCUT2D eigenvalue weighted by Crippen LogP contribution is -2.21. The van der Waals surface area contributed by atoms with Crippen LogP contribution in [0.15, 0.2) is 91.0 Å². The van der Waals surface area contributed by atoms with E-state index in [0.29, 0.717) is 4.66 Å². The molecule has 0 N–H and O–H groups in total. The first-order valence-corrected chi connectivity index (χ1v) is 14.4. The third-order valence-corrected chi connectivity index (χ3v) is 7.78. The summed E-state index contributed by atoms with van der Waals surface area (Å²) in [6, 6.07) is 30.9. The first-order valence-electron chi connectivity index (χ1n) is 13.6. The minimum absolute atomic E-state index is 0.0170. The molecule has 0 unspecified atom stereocenters. The second-order valence-electron chi connectivity index (χ2n) is 9.52. The van der Waals surface area contributed by atoms with E-state index in [1.165, 1.54) is 17.0 Å². The molecule has 0 saturated carbocycles. The van der Waals surface area contributed by atoms with Crippen molar-refractivity contribution in [3.8, 4) is 23.4 Å². The Morgan fingerprint density at radius 1 is 0.854 bits per heavy atom. The summed E-state index contributed by atoms with van der Waals surface area (Å²) >= 11 is 1.35. The zero-order valence-corrected chi connectivity index (χ0v) is 24.7. The molecule has 0 saturated heterocycles. The maximum Gasteiger partial charge on any atom is 0.165 e. The predicted molar refractivity (Wildman–Crippen MR) is 174 cm³/mol. The number of nitrogens with zero attached hydrogens (tertiary/aromatic N) is 5. The van der Waals surface area contributed by atoms with Gasteiger partial charge in [-0.3, -0.25) is 0 Å². The standard InChI is InChI=1S/C35H33N5S/c1-5-40(6-2)32-19-13-26(14-20-32)12-15-27(28-16-21-31(22-17-28)39(3)4)18-23-33-34(29-10-8-7-9-11-29)38-35(41-33)30(24-36)25-37/h7-23H,5-6H2,1-4H3/b15-12+,27-18-,33-23+. The Morgan fingerprint density at radius 2 is 1.49 bits per heavy atom. The number of nitriles is 2. The normalized spacial score (nSPS) is 11.8. The molecule has 204 valence electrons. The van der Waals surface area contributed by atoms with Crippen molar-refractivity contribution in [1.82, 2.24) is 4.98 Å². The maximum absolute atomic E-state index is 9.45. The molecule has 0 spiro atoms. The Labute approximate surface area is 246 Å². The van der Waals surface area contributed by atoms with Crippen LogP contribution in [0.25, 0.3) is 34.6 Å². The lowest BCUT2D eigenvalue weighted by molar-refractivity contribution is 0.866. The number of anilines is 2. The van der Waals surface area contributed by atoms with E-state index in [1.807, 2.05) is 62.6 Å². The third kappa shape index (κ3) is 7.19. The van der Waals surface area contributed by atoms with Gasteiger partial charge >= 0.3 is 0 Å². The van der Waals surface area contributed by atoms with Crippen LogP contribution in [0, 0.1) is 22.7 Å². The van der Waals surface area contributed by atoms with Crippen molar-refractivity contribution < 1.29 is 0 Å². The number of benzene rings is 3. The summed E-state index contributed by atoms with van der Waals surface area (Å²) in [6.07, 6.45) is 8.35. The smallest absolute Gasteiger partial charge is 0.165 e. The van der Waals surface area contributed by atoms with Gasteiger partial charge in [-0.15, -0.1) is 11.3 Å². The van der Waals surface area contributed by atoms with Crippen molar-refractivity contribution in [2.45, 2.75) is 13.8 Å². The van der Waals surface area contributed by atoms with E-state index >= 15 is 0 Å². The molecule has 0 aliphatic carbocycles. The van der Waals surface area contributed by atoms with Crippen LogP contribution in [0.4, 0.5) is 11.4 Å². The number of aromatic nitrogens is 1. The lowest BCUT2D eigenvalue weighted by atomic mass is 10.0. The van der Waals surface area contributed by atoms with Crippen molar-refractivity contribution in [3.63, 3.8) is 0 Å². The predicted octanol–water partition coefficient (Wildman–Crippen LogP) is 6.50. The molecule has 5 nitrogen and oxygen atoms in total. The number of thiazole rings is 1. The van der Waals surface area contributed by atoms with Gasteiger partial charge in [0.15, 0.2) is 5.57 Å². The van der Waals surface area contributed by atoms with E-state index in [4.69, 9.17) is 0 Å². The van der Waals surface area contributed by atoms with Gasteiger partial charge in [0, 0.05) is 44.1 Å². The van der Waals surface area contributed by atoms with E-state index in [9.17, 15) is 10.5 Å². The van der Waals surface area contributed by atoms with E-state index in [0.717, 1.165) is 51.3 Å². The summed E-state index contributed by atoms with van der Waals surface area (Å²) in [5, 5.41) is 18.9. The summed E-state index contributed by atoms with van der Waals surface area (Å²) in [4.78, 5) is 9.09. The fraction of sp³-hybridized carbons (Fsp3) is 0.171. The molecule has 0 amide bonds. The number of hydrogen-bond donors (Lipinski definition) is 0. The van der Waals surface area contributed by atoms with Gasteiger partial charge in [0.05, 0.1) is 10.2 Å². The zero-order valence-electron chi connectivity index (χ0n) is 23.9. The van der Waals surface area contributed by atoms with Crippen molar-refractivity contribution in [1.29, 1.82) is 10.5 Å². The summed E-state index contributed by atoms with van der Waals surface area (Å²) < 4.78 is 1.31. The molecule has 6 heteroatoms. The van der Waals surface area contributed by atoms with Crippen molar-refractivity contribution >= 4 is 46.0 Å². The van der Waals surface area contributed by atoms with Crippen LogP contribution in [0.5, 0.6) is 0 Å². The van der Waals surface area contributed by atoms with Gasteiger partial charge in [0.2, 0.25) is 0 Å².